The van der Waals surface area contributed by atoms with Crippen LogP contribution in [0, 0.1) is 0 Å². The summed E-state index contributed by atoms with van der Waals surface area (Å²) in [5, 5.41) is -0.586. The van der Waals surface area contributed by atoms with Crippen LogP contribution in [0.15, 0.2) is 51.1 Å². The van der Waals surface area contributed by atoms with E-state index in [0.717, 1.165) is 50.7 Å². The number of benzene rings is 4. The third-order valence-corrected chi connectivity index (χ3v) is 9.47. The molecule has 0 aliphatic carbocycles. The van der Waals surface area contributed by atoms with Crippen molar-refractivity contribution in [2.24, 2.45) is 0 Å². The molecule has 0 heterocycles. The second-order valence-electron chi connectivity index (χ2n) is 9.59. The molecule has 0 saturated heterocycles. The molecule has 0 amide bonds. The Labute approximate surface area is 321 Å². The van der Waals surface area contributed by atoms with Crippen molar-refractivity contribution in [2.75, 3.05) is 0 Å². The maximum atomic E-state index is 12.7. The fourth-order valence-corrected chi connectivity index (χ4v) is 7.20. The first-order valence-corrected chi connectivity index (χ1v) is 16.9. The van der Waals surface area contributed by atoms with Gasteiger partial charge in [-0.15, -0.1) is 0 Å². The van der Waals surface area contributed by atoms with Crippen LogP contribution in [-0.2, 0) is 35.1 Å². The van der Waals surface area contributed by atoms with Gasteiger partial charge >= 0.3 is 94.6 Å². The quantitative estimate of drug-likeness (QED) is 0.0339. The number of esters is 1. The van der Waals surface area contributed by atoms with Crippen molar-refractivity contribution >= 4 is 68.6 Å². The molecule has 0 aliphatic heterocycles. The Morgan fingerprint density at radius 1 is 0.628 bits per heavy atom. The molecule has 3 N–H and O–H groups in total. The van der Waals surface area contributed by atoms with Crippen LogP contribution in [0.25, 0.3) is 32.3 Å². The predicted molar refractivity (Wildman–Crippen MR) is 151 cm³/mol. The van der Waals surface area contributed by atoms with Crippen LogP contribution >= 0.6 is 0 Å². The maximum absolute atomic E-state index is 12.7. The van der Waals surface area contributed by atoms with Gasteiger partial charge in [-0.05, 0) is 18.6 Å². The Morgan fingerprint density at radius 2 is 1.00 bits per heavy atom. The Balaban J connectivity index is -0.00000308. The van der Waals surface area contributed by atoms with E-state index in [9.17, 15) is 43.7 Å². The second kappa shape index (κ2) is 16.3. The topological polar surface area (TPSA) is 189 Å². The summed E-state index contributed by atoms with van der Waals surface area (Å²) in [6.45, 7) is 2.11. The summed E-state index contributed by atoms with van der Waals surface area (Å²) >= 11 is 0. The van der Waals surface area contributed by atoms with Crippen molar-refractivity contribution in [1.29, 1.82) is 0 Å². The smallest absolute Gasteiger partial charge is 1.00 e. The molecule has 0 aromatic heterocycles. The molecule has 0 unspecified atom stereocenters. The molecule has 4 aromatic rings. The molecule has 0 radical (unpaired) electrons. The Hall–Kier alpha value is 0.120. The molecule has 4 rings (SSSR count). The van der Waals surface area contributed by atoms with Crippen molar-refractivity contribution in [2.45, 2.75) is 73.0 Å². The number of ether oxygens (including phenoxy) is 1. The van der Waals surface area contributed by atoms with Crippen LogP contribution < -0.4 is 93.4 Å². The molecule has 0 saturated carbocycles. The fourth-order valence-electron chi connectivity index (χ4n) is 4.99. The summed E-state index contributed by atoms with van der Waals surface area (Å²) in [5.41, 5.74) is 0. The minimum Gasteiger partial charge on any atom is -1.00 e. The predicted octanol–water partition coefficient (Wildman–Crippen LogP) is -3.28. The van der Waals surface area contributed by atoms with Gasteiger partial charge in [0.1, 0.15) is 20.4 Å². The number of rotatable bonds is 12. The summed E-state index contributed by atoms with van der Waals surface area (Å²) in [7, 11) is -15.0. The average molecular weight is 685 g/mol. The van der Waals surface area contributed by atoms with Crippen molar-refractivity contribution in [3.05, 3.63) is 36.4 Å². The molecular formula is C26H31Na3O11S3. The minimum absolute atomic E-state index is 0. The number of unbranched alkanes of at least 4 members (excludes halogenated alkanes) is 6. The zero-order chi connectivity index (χ0) is 29.5. The van der Waals surface area contributed by atoms with E-state index in [4.69, 9.17) is 4.74 Å². The number of hydrogen-bond donors (Lipinski definition) is 3. The van der Waals surface area contributed by atoms with Gasteiger partial charge in [0.25, 0.3) is 30.4 Å². The third-order valence-electron chi connectivity index (χ3n) is 6.79. The zero-order valence-corrected chi connectivity index (χ0v) is 32.9. The summed E-state index contributed by atoms with van der Waals surface area (Å²) in [4.78, 5) is 10.3. The third kappa shape index (κ3) is 9.36. The summed E-state index contributed by atoms with van der Waals surface area (Å²) < 4.78 is 108. The fraction of sp³-hybridized carbons (Fsp3) is 0.346. The van der Waals surface area contributed by atoms with E-state index >= 15 is 0 Å². The Bertz CT molecular complexity index is 1910. The molecule has 4 aromatic carbocycles. The van der Waals surface area contributed by atoms with Gasteiger partial charge in [0.05, 0.1) is 0 Å². The van der Waals surface area contributed by atoms with Gasteiger partial charge in [0.2, 0.25) is 0 Å². The average Bonchev–Trinajstić information content (AvgIpc) is 2.85. The normalized spacial score (nSPS) is 12.1. The zero-order valence-electron chi connectivity index (χ0n) is 27.5. The van der Waals surface area contributed by atoms with Crippen LogP contribution in [0.4, 0.5) is 0 Å². The van der Waals surface area contributed by atoms with Gasteiger partial charge in [-0.3, -0.25) is 18.5 Å². The first-order chi connectivity index (χ1) is 18.6. The standard InChI is InChI=1S/C26H28O11S3.3Na.3H/c1-2-3-4-5-6-7-8-9-24(27)37-20-14-21(38(28,29)30)17-12-13-19-23(40(34,35)36)15-22(39(31,32)33)18-11-10-16(20)25(17)26(18)19;;;;;;/h10-15H,2-9H2,1H3,(H,28,29,30)(H,31,32,33)(H,34,35,36);;;;;;/q;3*+1;3*-1. The van der Waals surface area contributed by atoms with Crippen LogP contribution in [0.5, 0.6) is 5.75 Å². The van der Waals surface area contributed by atoms with Crippen LogP contribution in [0.3, 0.4) is 0 Å². The molecule has 0 bridgehead atoms. The van der Waals surface area contributed by atoms with Gasteiger partial charge in [-0.2, -0.15) is 25.3 Å². The first kappa shape index (κ1) is 41.1. The van der Waals surface area contributed by atoms with Crippen LogP contribution in [0.1, 0.15) is 62.6 Å². The van der Waals surface area contributed by atoms with Crippen LogP contribution in [-0.4, -0.2) is 44.9 Å². The molecule has 0 spiro atoms. The Kier molecular flexibility index (Phi) is 15.6. The molecule has 0 fully saturated rings. The summed E-state index contributed by atoms with van der Waals surface area (Å²) in [6.07, 6.45) is 6.74. The van der Waals surface area contributed by atoms with E-state index in [2.05, 4.69) is 6.92 Å². The SMILES string of the molecule is CCCCCCCCCC(=O)Oc1cc(S(=O)(=O)O)c2ccc3c(S(=O)(=O)O)cc(S(=O)(=O)O)c4ccc1c2c43.[H-].[H-].[H-].[Na+].[Na+].[Na+]. The van der Waals surface area contributed by atoms with E-state index < -0.39 is 51.0 Å². The largest absolute Gasteiger partial charge is 1.00 e. The van der Waals surface area contributed by atoms with E-state index in [1.807, 2.05) is 0 Å². The summed E-state index contributed by atoms with van der Waals surface area (Å²) in [6, 6.07) is 6.45. The van der Waals surface area contributed by atoms with Crippen molar-refractivity contribution < 1.29 is 141 Å². The molecule has 11 nitrogen and oxygen atoms in total. The van der Waals surface area contributed by atoms with Gasteiger partial charge in [0.15, 0.2) is 0 Å². The molecule has 0 aliphatic rings. The minimum atomic E-state index is -5.03. The molecule has 0 atom stereocenters. The maximum Gasteiger partial charge on any atom is 1.00 e. The van der Waals surface area contributed by atoms with E-state index in [0.29, 0.717) is 12.5 Å². The Morgan fingerprint density at radius 3 is 1.44 bits per heavy atom. The molecule has 222 valence electrons. The van der Waals surface area contributed by atoms with E-state index in [1.165, 1.54) is 18.2 Å². The van der Waals surface area contributed by atoms with E-state index in [1.54, 1.807) is 0 Å². The number of hydrogen-bond acceptors (Lipinski definition) is 8. The molecule has 43 heavy (non-hydrogen) atoms. The van der Waals surface area contributed by atoms with Crippen molar-refractivity contribution in [3.63, 3.8) is 0 Å². The van der Waals surface area contributed by atoms with Gasteiger partial charge in [0, 0.05) is 44.8 Å². The van der Waals surface area contributed by atoms with Crippen molar-refractivity contribution in [1.82, 2.24) is 0 Å². The van der Waals surface area contributed by atoms with Gasteiger partial charge in [-0.1, -0.05) is 63.6 Å². The van der Waals surface area contributed by atoms with Gasteiger partial charge < -0.3 is 9.02 Å². The summed E-state index contributed by atoms with van der Waals surface area (Å²) in [5.74, 6) is -0.921. The van der Waals surface area contributed by atoms with Gasteiger partial charge in [-0.25, -0.2) is 0 Å². The first-order valence-electron chi connectivity index (χ1n) is 12.6. The number of carbonyl (C=O) groups is 1. The van der Waals surface area contributed by atoms with Crippen LogP contribution in [0.2, 0.25) is 0 Å². The van der Waals surface area contributed by atoms with E-state index in [-0.39, 0.29) is 137 Å². The molecule has 17 heteroatoms. The number of carbonyl (C=O) groups excluding carboxylic acids is 1. The second-order valence-corrected chi connectivity index (χ2v) is 13.8. The molecular weight excluding hydrogens is 653 g/mol. The van der Waals surface area contributed by atoms with Crippen molar-refractivity contribution in [3.8, 4) is 5.75 Å². The monoisotopic (exact) mass is 684 g/mol.